The van der Waals surface area contributed by atoms with Gasteiger partial charge in [0.2, 0.25) is 6.41 Å². The molecule has 1 unspecified atom stereocenters. The normalized spacial score (nSPS) is 28.3. The highest BCUT2D eigenvalue weighted by atomic mass is 16.1. The van der Waals surface area contributed by atoms with E-state index in [9.17, 15) is 4.79 Å². The highest BCUT2D eigenvalue weighted by Gasteiger charge is 2.18. The van der Waals surface area contributed by atoms with Gasteiger partial charge >= 0.3 is 0 Å². The van der Waals surface area contributed by atoms with Crippen LogP contribution in [0.25, 0.3) is 0 Å². The molecule has 0 radical (unpaired) electrons. The zero-order chi connectivity index (χ0) is 10.5. The molecule has 2 heterocycles. The van der Waals surface area contributed by atoms with E-state index in [1.807, 2.05) is 4.90 Å². The molecule has 2 rings (SSSR count). The Bertz CT molecular complexity index is 196. The molecule has 2 saturated heterocycles. The van der Waals surface area contributed by atoms with Crippen molar-refractivity contribution in [3.8, 4) is 0 Å². The second-order valence-corrected chi connectivity index (χ2v) is 4.63. The van der Waals surface area contributed by atoms with Crippen molar-refractivity contribution < 1.29 is 4.79 Å². The summed E-state index contributed by atoms with van der Waals surface area (Å²) in [5.74, 6) is 0.883. The fourth-order valence-corrected chi connectivity index (χ4v) is 2.42. The highest BCUT2D eigenvalue weighted by Crippen LogP contribution is 2.13. The van der Waals surface area contributed by atoms with Crippen LogP contribution < -0.4 is 5.32 Å². The number of carbonyl (C=O) groups is 1. The summed E-state index contributed by atoms with van der Waals surface area (Å²) in [5, 5.41) is 3.40. The molecule has 0 spiro atoms. The van der Waals surface area contributed by atoms with Crippen LogP contribution in [0, 0.1) is 5.92 Å². The number of hydrogen-bond acceptors (Lipinski definition) is 3. The van der Waals surface area contributed by atoms with Crippen molar-refractivity contribution in [1.82, 2.24) is 15.1 Å². The standard InChI is InChI=1S/C11H21N3O/c15-10-14-7-5-13(6-8-14)4-2-11-1-3-12-9-11/h10-12H,1-9H2. The Balaban J connectivity index is 1.61. The molecule has 0 aliphatic carbocycles. The van der Waals surface area contributed by atoms with Crippen LogP contribution in [-0.4, -0.2) is 62.0 Å². The second-order valence-electron chi connectivity index (χ2n) is 4.63. The van der Waals surface area contributed by atoms with Crippen LogP contribution in [0.5, 0.6) is 0 Å². The van der Waals surface area contributed by atoms with E-state index in [-0.39, 0.29) is 0 Å². The minimum atomic E-state index is 0.883. The van der Waals surface area contributed by atoms with Gasteiger partial charge in [-0.3, -0.25) is 9.69 Å². The van der Waals surface area contributed by atoms with Gasteiger partial charge in [0.05, 0.1) is 0 Å². The highest BCUT2D eigenvalue weighted by molar-refractivity contribution is 5.47. The zero-order valence-corrected chi connectivity index (χ0v) is 9.32. The second kappa shape index (κ2) is 5.47. The lowest BCUT2D eigenvalue weighted by Gasteiger charge is -2.32. The van der Waals surface area contributed by atoms with Crippen LogP contribution in [0.3, 0.4) is 0 Å². The molecule has 86 valence electrons. The van der Waals surface area contributed by atoms with Crippen molar-refractivity contribution in [2.75, 3.05) is 45.8 Å². The van der Waals surface area contributed by atoms with Crippen molar-refractivity contribution in [2.24, 2.45) is 5.92 Å². The Morgan fingerprint density at radius 2 is 2.07 bits per heavy atom. The molecule has 1 atom stereocenters. The van der Waals surface area contributed by atoms with E-state index < -0.39 is 0 Å². The number of nitrogens with zero attached hydrogens (tertiary/aromatic N) is 2. The van der Waals surface area contributed by atoms with E-state index in [0.717, 1.165) is 38.5 Å². The van der Waals surface area contributed by atoms with Crippen molar-refractivity contribution in [3.63, 3.8) is 0 Å². The van der Waals surface area contributed by atoms with Gasteiger partial charge in [-0.2, -0.15) is 0 Å². The van der Waals surface area contributed by atoms with Crippen molar-refractivity contribution in [1.29, 1.82) is 0 Å². The van der Waals surface area contributed by atoms with E-state index in [4.69, 9.17) is 0 Å². The lowest BCUT2D eigenvalue weighted by atomic mass is 10.0. The third-order valence-corrected chi connectivity index (χ3v) is 3.57. The Morgan fingerprint density at radius 3 is 2.67 bits per heavy atom. The molecule has 0 saturated carbocycles. The molecule has 1 N–H and O–H groups in total. The molecule has 0 bridgehead atoms. The minimum Gasteiger partial charge on any atom is -0.343 e. The maximum absolute atomic E-state index is 10.5. The maximum Gasteiger partial charge on any atom is 0.209 e. The summed E-state index contributed by atoms with van der Waals surface area (Å²) in [6, 6.07) is 0. The molecule has 4 nitrogen and oxygen atoms in total. The Labute approximate surface area is 91.6 Å². The summed E-state index contributed by atoms with van der Waals surface area (Å²) in [6.45, 7) is 7.54. The summed E-state index contributed by atoms with van der Waals surface area (Å²) < 4.78 is 0. The topological polar surface area (TPSA) is 35.6 Å². The van der Waals surface area contributed by atoms with Gasteiger partial charge in [0, 0.05) is 26.2 Å². The molecule has 2 aliphatic rings. The molecule has 0 aromatic rings. The molecule has 2 fully saturated rings. The molecule has 0 aromatic carbocycles. The third-order valence-electron chi connectivity index (χ3n) is 3.57. The number of rotatable bonds is 4. The van der Waals surface area contributed by atoms with Gasteiger partial charge in [-0.25, -0.2) is 0 Å². The van der Waals surface area contributed by atoms with Crippen LogP contribution in [0.4, 0.5) is 0 Å². The fraction of sp³-hybridized carbons (Fsp3) is 0.909. The molecule has 2 aliphatic heterocycles. The SMILES string of the molecule is O=CN1CCN(CCC2CCNC2)CC1. The Kier molecular flexibility index (Phi) is 3.97. The van der Waals surface area contributed by atoms with Crippen LogP contribution in [-0.2, 0) is 4.79 Å². The molecule has 15 heavy (non-hydrogen) atoms. The predicted molar refractivity (Wildman–Crippen MR) is 59.7 cm³/mol. The Hall–Kier alpha value is -0.610. The summed E-state index contributed by atoms with van der Waals surface area (Å²) >= 11 is 0. The van der Waals surface area contributed by atoms with Gasteiger partial charge < -0.3 is 10.2 Å². The van der Waals surface area contributed by atoms with Gasteiger partial charge in [-0.05, 0) is 38.4 Å². The monoisotopic (exact) mass is 211 g/mol. The van der Waals surface area contributed by atoms with Gasteiger partial charge in [0.15, 0.2) is 0 Å². The van der Waals surface area contributed by atoms with Crippen LogP contribution in [0.15, 0.2) is 0 Å². The first-order chi connectivity index (χ1) is 7.38. The summed E-state index contributed by atoms with van der Waals surface area (Å²) in [6.07, 6.45) is 3.63. The number of nitrogens with one attached hydrogen (secondary N) is 1. The average molecular weight is 211 g/mol. The van der Waals surface area contributed by atoms with Gasteiger partial charge in [0.1, 0.15) is 0 Å². The number of hydrogen-bond donors (Lipinski definition) is 1. The van der Waals surface area contributed by atoms with E-state index >= 15 is 0 Å². The molecular formula is C11H21N3O. The first-order valence-corrected chi connectivity index (χ1v) is 6.01. The average Bonchev–Trinajstić information content (AvgIpc) is 2.80. The van der Waals surface area contributed by atoms with E-state index in [1.54, 1.807) is 0 Å². The number of carbonyl (C=O) groups excluding carboxylic acids is 1. The molecule has 0 aromatic heterocycles. The zero-order valence-electron chi connectivity index (χ0n) is 9.32. The summed E-state index contributed by atoms with van der Waals surface area (Å²) in [7, 11) is 0. The van der Waals surface area contributed by atoms with E-state index in [0.29, 0.717) is 0 Å². The summed E-state index contributed by atoms with van der Waals surface area (Å²) in [5.41, 5.74) is 0. The van der Waals surface area contributed by atoms with Crippen LogP contribution in [0.1, 0.15) is 12.8 Å². The minimum absolute atomic E-state index is 0.883. The Morgan fingerprint density at radius 1 is 1.27 bits per heavy atom. The van der Waals surface area contributed by atoms with Crippen molar-refractivity contribution in [3.05, 3.63) is 0 Å². The maximum atomic E-state index is 10.5. The molecule has 1 amide bonds. The van der Waals surface area contributed by atoms with Crippen molar-refractivity contribution in [2.45, 2.75) is 12.8 Å². The molecule has 4 heteroatoms. The van der Waals surface area contributed by atoms with Crippen LogP contribution >= 0.6 is 0 Å². The van der Waals surface area contributed by atoms with Crippen molar-refractivity contribution >= 4 is 6.41 Å². The largest absolute Gasteiger partial charge is 0.343 e. The first kappa shape index (κ1) is 10.9. The quantitative estimate of drug-likeness (QED) is 0.652. The third kappa shape index (κ3) is 3.18. The lowest BCUT2D eigenvalue weighted by Crippen LogP contribution is -2.46. The number of piperazine rings is 1. The van der Waals surface area contributed by atoms with Gasteiger partial charge in [-0.1, -0.05) is 0 Å². The predicted octanol–water partition coefficient (Wildman–Crippen LogP) is -0.240. The van der Waals surface area contributed by atoms with Gasteiger partial charge in [0.25, 0.3) is 0 Å². The van der Waals surface area contributed by atoms with E-state index in [1.165, 1.54) is 32.5 Å². The van der Waals surface area contributed by atoms with E-state index in [2.05, 4.69) is 10.2 Å². The summed E-state index contributed by atoms with van der Waals surface area (Å²) in [4.78, 5) is 14.9. The van der Waals surface area contributed by atoms with Gasteiger partial charge in [-0.15, -0.1) is 0 Å². The smallest absolute Gasteiger partial charge is 0.209 e. The lowest BCUT2D eigenvalue weighted by molar-refractivity contribution is -0.119. The fourth-order valence-electron chi connectivity index (χ4n) is 2.42. The molecular weight excluding hydrogens is 190 g/mol. The number of amides is 1. The first-order valence-electron chi connectivity index (χ1n) is 6.01. The van der Waals surface area contributed by atoms with Crippen LogP contribution in [0.2, 0.25) is 0 Å².